The Bertz CT molecular complexity index is 323. The smallest absolute Gasteiger partial charge is 0.312 e. The fourth-order valence-corrected chi connectivity index (χ4v) is 3.32. The van der Waals surface area contributed by atoms with Gasteiger partial charge in [-0.05, 0) is 36.5 Å². The molecule has 0 saturated heterocycles. The Labute approximate surface area is 118 Å². The van der Waals surface area contributed by atoms with Gasteiger partial charge in [0.2, 0.25) is 0 Å². The normalized spacial score (nSPS) is 30.8. The Kier molecular flexibility index (Phi) is 5.05. The minimum Gasteiger partial charge on any atom is -0.464 e. The van der Waals surface area contributed by atoms with Crippen molar-refractivity contribution in [3.63, 3.8) is 0 Å². The molecule has 19 heavy (non-hydrogen) atoms. The van der Waals surface area contributed by atoms with Crippen molar-refractivity contribution in [2.75, 3.05) is 13.2 Å². The van der Waals surface area contributed by atoms with Crippen LogP contribution in [0.15, 0.2) is 0 Å². The molecule has 112 valence electrons. The largest absolute Gasteiger partial charge is 0.464 e. The monoisotopic (exact) mass is 269 g/mol. The van der Waals surface area contributed by atoms with E-state index < -0.39 is 0 Å². The van der Waals surface area contributed by atoms with Crippen LogP contribution in [0, 0.1) is 16.2 Å². The summed E-state index contributed by atoms with van der Waals surface area (Å²) in [6.45, 7) is 11.9. The van der Waals surface area contributed by atoms with Gasteiger partial charge in [-0.2, -0.15) is 0 Å². The molecule has 1 rings (SSSR count). The molecule has 3 nitrogen and oxygen atoms in total. The standard InChI is InChI=1S/C16H31NO2/c1-6-14(3,4)12-16(13(18)19-11-10-17)9-8-15(16,5)7-2/h6-12,17H2,1-5H3. The van der Waals surface area contributed by atoms with E-state index in [1.54, 1.807) is 0 Å². The number of nitrogens with two attached hydrogens (primary N) is 1. The molecule has 0 spiro atoms. The topological polar surface area (TPSA) is 52.3 Å². The first-order chi connectivity index (χ1) is 8.77. The van der Waals surface area contributed by atoms with Gasteiger partial charge in [0.1, 0.15) is 6.61 Å². The zero-order valence-electron chi connectivity index (χ0n) is 13.3. The number of hydrogen-bond acceptors (Lipinski definition) is 3. The minimum absolute atomic E-state index is 0.0184. The second-order valence-electron chi connectivity index (χ2n) is 7.12. The molecule has 2 unspecified atom stereocenters. The fourth-order valence-electron chi connectivity index (χ4n) is 3.32. The summed E-state index contributed by atoms with van der Waals surface area (Å²) in [7, 11) is 0. The second-order valence-corrected chi connectivity index (χ2v) is 7.12. The molecule has 1 fully saturated rings. The highest BCUT2D eigenvalue weighted by Crippen LogP contribution is 2.63. The van der Waals surface area contributed by atoms with Crippen molar-refractivity contribution in [1.29, 1.82) is 0 Å². The quantitative estimate of drug-likeness (QED) is 0.720. The summed E-state index contributed by atoms with van der Waals surface area (Å²) in [5.41, 5.74) is 5.43. The molecular formula is C16H31NO2. The summed E-state index contributed by atoms with van der Waals surface area (Å²) in [6.07, 6.45) is 5.12. The van der Waals surface area contributed by atoms with E-state index in [1.807, 2.05) is 0 Å². The molecule has 1 aliphatic rings. The molecular weight excluding hydrogens is 238 g/mol. The number of rotatable bonds is 7. The van der Waals surface area contributed by atoms with Crippen molar-refractivity contribution >= 4 is 5.97 Å². The third-order valence-corrected chi connectivity index (χ3v) is 5.52. The first-order valence-corrected chi connectivity index (χ1v) is 7.64. The van der Waals surface area contributed by atoms with Crippen LogP contribution >= 0.6 is 0 Å². The van der Waals surface area contributed by atoms with Gasteiger partial charge >= 0.3 is 5.97 Å². The minimum atomic E-state index is -0.295. The lowest BCUT2D eigenvalue weighted by Gasteiger charge is -2.58. The molecule has 2 atom stereocenters. The van der Waals surface area contributed by atoms with E-state index >= 15 is 0 Å². The molecule has 0 amide bonds. The number of ether oxygens (including phenoxy) is 1. The first-order valence-electron chi connectivity index (χ1n) is 7.64. The van der Waals surface area contributed by atoms with Gasteiger partial charge in [-0.1, -0.05) is 41.0 Å². The SMILES string of the molecule is CCC(C)(C)CC1(C(=O)OCCN)CCC1(C)CC. The van der Waals surface area contributed by atoms with Gasteiger partial charge in [-0.3, -0.25) is 4.79 Å². The van der Waals surface area contributed by atoms with Gasteiger partial charge in [0, 0.05) is 6.54 Å². The lowest BCUT2D eigenvalue weighted by molar-refractivity contribution is -0.187. The van der Waals surface area contributed by atoms with Crippen LogP contribution in [-0.4, -0.2) is 19.1 Å². The summed E-state index contributed by atoms with van der Waals surface area (Å²) >= 11 is 0. The van der Waals surface area contributed by atoms with Crippen LogP contribution in [0.25, 0.3) is 0 Å². The number of carbonyl (C=O) groups excluding carboxylic acids is 1. The van der Waals surface area contributed by atoms with E-state index in [1.165, 1.54) is 0 Å². The van der Waals surface area contributed by atoms with Crippen LogP contribution in [0.1, 0.15) is 66.7 Å². The summed E-state index contributed by atoms with van der Waals surface area (Å²) < 4.78 is 5.42. The highest BCUT2D eigenvalue weighted by Gasteiger charge is 2.61. The van der Waals surface area contributed by atoms with Gasteiger partial charge in [0.15, 0.2) is 0 Å². The van der Waals surface area contributed by atoms with E-state index in [0.717, 1.165) is 32.1 Å². The molecule has 1 saturated carbocycles. The molecule has 1 aliphatic carbocycles. The Balaban J connectivity index is 2.96. The Morgan fingerprint density at radius 3 is 2.32 bits per heavy atom. The molecule has 2 N–H and O–H groups in total. The van der Waals surface area contributed by atoms with Crippen LogP contribution < -0.4 is 5.73 Å². The lowest BCUT2D eigenvalue weighted by atomic mass is 9.45. The molecule has 0 aromatic carbocycles. The Morgan fingerprint density at radius 1 is 1.32 bits per heavy atom. The van der Waals surface area contributed by atoms with Gasteiger partial charge < -0.3 is 10.5 Å². The number of esters is 1. The number of carbonyl (C=O) groups is 1. The van der Waals surface area contributed by atoms with E-state index in [2.05, 4.69) is 34.6 Å². The summed E-state index contributed by atoms with van der Waals surface area (Å²) in [5, 5.41) is 0. The maximum atomic E-state index is 12.6. The Hall–Kier alpha value is -0.570. The van der Waals surface area contributed by atoms with Crippen molar-refractivity contribution in [2.24, 2.45) is 22.0 Å². The average Bonchev–Trinajstić information content (AvgIpc) is 2.39. The predicted molar refractivity (Wildman–Crippen MR) is 78.8 cm³/mol. The van der Waals surface area contributed by atoms with Crippen LogP contribution in [0.5, 0.6) is 0 Å². The van der Waals surface area contributed by atoms with Gasteiger partial charge in [-0.25, -0.2) is 0 Å². The summed E-state index contributed by atoms with van der Waals surface area (Å²) in [6, 6.07) is 0. The first kappa shape index (κ1) is 16.5. The third-order valence-electron chi connectivity index (χ3n) is 5.52. The van der Waals surface area contributed by atoms with Crippen LogP contribution in [0.3, 0.4) is 0 Å². The van der Waals surface area contributed by atoms with Crippen molar-refractivity contribution < 1.29 is 9.53 Å². The highest BCUT2D eigenvalue weighted by atomic mass is 16.5. The Morgan fingerprint density at radius 2 is 1.95 bits per heavy atom. The van der Waals surface area contributed by atoms with E-state index in [-0.39, 0.29) is 22.2 Å². The van der Waals surface area contributed by atoms with E-state index in [0.29, 0.717) is 13.2 Å². The number of hydrogen-bond donors (Lipinski definition) is 1. The summed E-state index contributed by atoms with van der Waals surface area (Å²) in [4.78, 5) is 12.6. The van der Waals surface area contributed by atoms with Crippen LogP contribution in [0.4, 0.5) is 0 Å². The molecule has 0 radical (unpaired) electrons. The molecule has 0 aliphatic heterocycles. The van der Waals surface area contributed by atoms with Gasteiger partial charge in [0.05, 0.1) is 5.41 Å². The van der Waals surface area contributed by atoms with Crippen molar-refractivity contribution in [2.45, 2.75) is 66.7 Å². The maximum absolute atomic E-state index is 12.6. The predicted octanol–water partition coefficient (Wildman–Crippen LogP) is 3.51. The molecule has 0 bridgehead atoms. The molecule has 0 aromatic heterocycles. The van der Waals surface area contributed by atoms with Crippen LogP contribution in [0.2, 0.25) is 0 Å². The maximum Gasteiger partial charge on any atom is 0.312 e. The third kappa shape index (κ3) is 2.96. The van der Waals surface area contributed by atoms with Gasteiger partial charge in [0.25, 0.3) is 0 Å². The second kappa shape index (κ2) is 5.82. The van der Waals surface area contributed by atoms with E-state index in [4.69, 9.17) is 10.5 Å². The summed E-state index contributed by atoms with van der Waals surface area (Å²) in [5.74, 6) is -0.0184. The molecule has 3 heteroatoms. The van der Waals surface area contributed by atoms with E-state index in [9.17, 15) is 4.79 Å². The van der Waals surface area contributed by atoms with Crippen molar-refractivity contribution in [3.8, 4) is 0 Å². The average molecular weight is 269 g/mol. The van der Waals surface area contributed by atoms with Gasteiger partial charge in [-0.15, -0.1) is 0 Å². The molecule has 0 heterocycles. The van der Waals surface area contributed by atoms with Crippen molar-refractivity contribution in [1.82, 2.24) is 0 Å². The van der Waals surface area contributed by atoms with Crippen LogP contribution in [-0.2, 0) is 9.53 Å². The zero-order valence-corrected chi connectivity index (χ0v) is 13.3. The molecule has 0 aromatic rings. The zero-order chi connectivity index (χ0) is 14.7. The fraction of sp³-hybridized carbons (Fsp3) is 0.938. The lowest BCUT2D eigenvalue weighted by Crippen LogP contribution is -2.56. The highest BCUT2D eigenvalue weighted by molar-refractivity contribution is 5.79. The van der Waals surface area contributed by atoms with Crippen molar-refractivity contribution in [3.05, 3.63) is 0 Å².